The van der Waals surface area contributed by atoms with Crippen molar-refractivity contribution in [2.45, 2.75) is 19.9 Å². The SMILES string of the molecule is Cc1nc2ccncc2n1Cc1ccc(C(=O)c2c(C(=O)N(C)C)[nH]c3cc(Cc4ccccc4)ccc23)cc1. The predicted molar refractivity (Wildman–Crippen MR) is 157 cm³/mol. The summed E-state index contributed by atoms with van der Waals surface area (Å²) >= 11 is 0. The van der Waals surface area contributed by atoms with E-state index in [9.17, 15) is 9.59 Å². The molecule has 0 atom stereocenters. The second-order valence-electron chi connectivity index (χ2n) is 10.3. The molecule has 0 fully saturated rings. The van der Waals surface area contributed by atoms with Gasteiger partial charge in [0, 0.05) is 43.3 Å². The normalized spacial score (nSPS) is 11.3. The van der Waals surface area contributed by atoms with E-state index >= 15 is 0 Å². The Hall–Kier alpha value is -5.04. The van der Waals surface area contributed by atoms with E-state index in [1.807, 2.05) is 79.9 Å². The Bertz CT molecular complexity index is 1860. The number of rotatable bonds is 7. The van der Waals surface area contributed by atoms with E-state index < -0.39 is 0 Å². The summed E-state index contributed by atoms with van der Waals surface area (Å²) in [6.07, 6.45) is 4.32. The first-order valence-corrected chi connectivity index (χ1v) is 13.2. The summed E-state index contributed by atoms with van der Waals surface area (Å²) in [5.74, 6) is 0.476. The first-order chi connectivity index (χ1) is 19.4. The van der Waals surface area contributed by atoms with Crippen LogP contribution in [0.5, 0.6) is 0 Å². The largest absolute Gasteiger partial charge is 0.350 e. The number of imidazole rings is 1. The molecule has 6 rings (SSSR count). The molecular formula is C33H29N5O2. The molecular weight excluding hydrogens is 498 g/mol. The lowest BCUT2D eigenvalue weighted by molar-refractivity contribution is 0.0817. The number of ketones is 1. The van der Waals surface area contributed by atoms with Crippen LogP contribution < -0.4 is 0 Å². The first-order valence-electron chi connectivity index (χ1n) is 13.2. The number of amides is 1. The Balaban J connectivity index is 1.33. The second-order valence-corrected chi connectivity index (χ2v) is 10.3. The molecule has 7 nitrogen and oxygen atoms in total. The number of nitrogens with zero attached hydrogens (tertiary/aromatic N) is 4. The van der Waals surface area contributed by atoms with E-state index in [0.717, 1.165) is 45.3 Å². The number of benzene rings is 3. The average Bonchev–Trinajstić information content (AvgIpc) is 3.50. The number of hydrogen-bond donors (Lipinski definition) is 1. The number of carbonyl (C=O) groups is 2. The van der Waals surface area contributed by atoms with Gasteiger partial charge in [-0.1, -0.05) is 66.7 Å². The molecule has 40 heavy (non-hydrogen) atoms. The van der Waals surface area contributed by atoms with Crippen molar-refractivity contribution in [3.8, 4) is 0 Å². The molecule has 0 aliphatic carbocycles. The maximum atomic E-state index is 13.9. The van der Waals surface area contributed by atoms with Crippen molar-refractivity contribution in [2.24, 2.45) is 0 Å². The lowest BCUT2D eigenvalue weighted by Gasteiger charge is -2.11. The Labute approximate surface area is 232 Å². The topological polar surface area (TPSA) is 83.9 Å². The van der Waals surface area contributed by atoms with Crippen molar-refractivity contribution in [2.75, 3.05) is 14.1 Å². The predicted octanol–water partition coefficient (Wildman–Crippen LogP) is 5.79. The van der Waals surface area contributed by atoms with Gasteiger partial charge in [-0.05, 0) is 42.2 Å². The quantitative estimate of drug-likeness (QED) is 0.266. The van der Waals surface area contributed by atoms with Gasteiger partial charge in [-0.2, -0.15) is 0 Å². The van der Waals surface area contributed by atoms with E-state index in [1.54, 1.807) is 20.3 Å². The van der Waals surface area contributed by atoms with Crippen LogP contribution in [0, 0.1) is 6.92 Å². The van der Waals surface area contributed by atoms with Crippen LogP contribution in [0.25, 0.3) is 21.9 Å². The van der Waals surface area contributed by atoms with Gasteiger partial charge in [-0.3, -0.25) is 14.6 Å². The van der Waals surface area contributed by atoms with Gasteiger partial charge in [-0.15, -0.1) is 0 Å². The number of aryl methyl sites for hydroxylation is 1. The van der Waals surface area contributed by atoms with Crippen molar-refractivity contribution >= 4 is 33.6 Å². The summed E-state index contributed by atoms with van der Waals surface area (Å²) < 4.78 is 2.11. The molecule has 7 heteroatoms. The highest BCUT2D eigenvalue weighted by atomic mass is 16.2. The molecule has 0 radical (unpaired) electrons. The van der Waals surface area contributed by atoms with E-state index in [2.05, 4.69) is 31.7 Å². The van der Waals surface area contributed by atoms with Crippen molar-refractivity contribution in [3.05, 3.63) is 131 Å². The number of aromatic amines is 1. The Kier molecular flexibility index (Phi) is 6.48. The molecule has 0 aliphatic heterocycles. The van der Waals surface area contributed by atoms with Gasteiger partial charge in [0.2, 0.25) is 0 Å². The van der Waals surface area contributed by atoms with Crippen LogP contribution >= 0.6 is 0 Å². The summed E-state index contributed by atoms with van der Waals surface area (Å²) in [5.41, 5.74) is 7.22. The number of hydrogen-bond acceptors (Lipinski definition) is 4. The molecule has 0 spiro atoms. The third-order valence-corrected chi connectivity index (χ3v) is 7.26. The zero-order chi connectivity index (χ0) is 27.8. The highest BCUT2D eigenvalue weighted by molar-refractivity contribution is 6.22. The van der Waals surface area contributed by atoms with Crippen LogP contribution in [0.4, 0.5) is 0 Å². The Morgan fingerprint density at radius 1 is 0.900 bits per heavy atom. The molecule has 0 saturated carbocycles. The van der Waals surface area contributed by atoms with Crippen LogP contribution in [-0.4, -0.2) is 50.2 Å². The minimum atomic E-state index is -0.239. The lowest BCUT2D eigenvalue weighted by atomic mass is 9.97. The molecule has 198 valence electrons. The number of aromatic nitrogens is 4. The minimum absolute atomic E-state index is 0.188. The second kappa shape index (κ2) is 10.3. The van der Waals surface area contributed by atoms with Crippen molar-refractivity contribution < 1.29 is 9.59 Å². The summed E-state index contributed by atoms with van der Waals surface area (Å²) in [5, 5.41) is 0.740. The van der Waals surface area contributed by atoms with Gasteiger partial charge in [0.15, 0.2) is 5.78 Å². The van der Waals surface area contributed by atoms with Gasteiger partial charge in [-0.25, -0.2) is 4.98 Å². The molecule has 0 bridgehead atoms. The van der Waals surface area contributed by atoms with Gasteiger partial charge in [0.1, 0.15) is 11.5 Å². The molecule has 0 aliphatic rings. The van der Waals surface area contributed by atoms with E-state index in [-0.39, 0.29) is 11.7 Å². The Morgan fingerprint density at radius 2 is 1.65 bits per heavy atom. The van der Waals surface area contributed by atoms with Crippen molar-refractivity contribution in [1.82, 2.24) is 24.4 Å². The lowest BCUT2D eigenvalue weighted by Crippen LogP contribution is -2.24. The summed E-state index contributed by atoms with van der Waals surface area (Å²) in [7, 11) is 3.38. The third kappa shape index (κ3) is 4.66. The summed E-state index contributed by atoms with van der Waals surface area (Å²) in [6, 6.07) is 25.7. The molecule has 0 saturated heterocycles. The maximum absolute atomic E-state index is 13.9. The molecule has 3 heterocycles. The van der Waals surface area contributed by atoms with Gasteiger partial charge in [0.25, 0.3) is 5.91 Å². The van der Waals surface area contributed by atoms with E-state index in [1.165, 1.54) is 10.5 Å². The first kappa shape index (κ1) is 25.2. The highest BCUT2D eigenvalue weighted by Gasteiger charge is 2.25. The summed E-state index contributed by atoms with van der Waals surface area (Å²) in [4.78, 5) is 40.6. The minimum Gasteiger partial charge on any atom is -0.350 e. The fourth-order valence-corrected chi connectivity index (χ4v) is 5.18. The average molecular weight is 528 g/mol. The van der Waals surface area contributed by atoms with Crippen molar-refractivity contribution in [3.63, 3.8) is 0 Å². The number of nitrogens with one attached hydrogen (secondary N) is 1. The van der Waals surface area contributed by atoms with E-state index in [0.29, 0.717) is 23.4 Å². The maximum Gasteiger partial charge on any atom is 0.270 e. The highest BCUT2D eigenvalue weighted by Crippen LogP contribution is 2.28. The molecule has 6 aromatic rings. The summed E-state index contributed by atoms with van der Waals surface area (Å²) in [6.45, 7) is 2.59. The molecule has 3 aromatic heterocycles. The van der Waals surface area contributed by atoms with Crippen LogP contribution in [0.3, 0.4) is 0 Å². The zero-order valence-corrected chi connectivity index (χ0v) is 22.7. The smallest absolute Gasteiger partial charge is 0.270 e. The fourth-order valence-electron chi connectivity index (χ4n) is 5.18. The van der Waals surface area contributed by atoms with Crippen LogP contribution in [-0.2, 0) is 13.0 Å². The van der Waals surface area contributed by atoms with Gasteiger partial charge >= 0.3 is 0 Å². The zero-order valence-electron chi connectivity index (χ0n) is 22.7. The van der Waals surface area contributed by atoms with E-state index in [4.69, 9.17) is 0 Å². The van der Waals surface area contributed by atoms with Crippen LogP contribution in [0.1, 0.15) is 48.9 Å². The number of pyridine rings is 1. The number of fused-ring (bicyclic) bond motifs is 2. The third-order valence-electron chi connectivity index (χ3n) is 7.26. The number of carbonyl (C=O) groups excluding carboxylic acids is 2. The molecule has 1 amide bonds. The Morgan fingerprint density at radius 3 is 2.40 bits per heavy atom. The van der Waals surface area contributed by atoms with Gasteiger partial charge < -0.3 is 14.5 Å². The molecule has 3 aromatic carbocycles. The molecule has 0 unspecified atom stereocenters. The standard InChI is InChI=1S/C33H29N5O2/c1-21-35-27-15-16-34-19-29(27)38(21)20-23-9-12-25(13-10-23)32(39)30-26-14-11-24(17-22-7-5-4-6-8-22)18-28(26)36-31(30)33(40)37(2)3/h4-16,18-19,36H,17,20H2,1-3H3. The fraction of sp³-hybridized carbons (Fsp3) is 0.152. The van der Waals surface area contributed by atoms with Gasteiger partial charge in [0.05, 0.1) is 22.8 Å². The van der Waals surface area contributed by atoms with Crippen LogP contribution in [0.15, 0.2) is 91.3 Å². The molecule has 1 N–H and O–H groups in total. The monoisotopic (exact) mass is 527 g/mol. The van der Waals surface area contributed by atoms with Crippen molar-refractivity contribution in [1.29, 1.82) is 0 Å². The number of H-pyrrole nitrogens is 1. The van der Waals surface area contributed by atoms with Crippen LogP contribution in [0.2, 0.25) is 0 Å².